The van der Waals surface area contributed by atoms with Gasteiger partial charge in [0.2, 0.25) is 5.91 Å². The summed E-state index contributed by atoms with van der Waals surface area (Å²) in [6.07, 6.45) is 0.859. The summed E-state index contributed by atoms with van der Waals surface area (Å²) in [4.78, 5) is 23.0. The van der Waals surface area contributed by atoms with Crippen LogP contribution in [0.1, 0.15) is 23.7 Å². The Morgan fingerprint density at radius 3 is 2.35 bits per heavy atom. The molecule has 1 aromatic carbocycles. The maximum Gasteiger partial charge on any atom is 0.269 e. The van der Waals surface area contributed by atoms with Crippen LogP contribution in [-0.2, 0) is 4.79 Å². The van der Waals surface area contributed by atoms with E-state index in [4.69, 9.17) is 0 Å². The number of hydrogen-bond acceptors (Lipinski definition) is 2. The molecule has 0 unspecified atom stereocenters. The topological polar surface area (TPSA) is 58.2 Å². The van der Waals surface area contributed by atoms with Gasteiger partial charge in [-0.1, -0.05) is 6.92 Å². The second-order valence-corrected chi connectivity index (χ2v) is 4.27. The molecule has 0 heterocycles. The van der Waals surface area contributed by atoms with E-state index in [9.17, 15) is 14.0 Å². The van der Waals surface area contributed by atoms with Gasteiger partial charge in [-0.05, 0) is 36.6 Å². The Balaban J connectivity index is 1.85. The van der Waals surface area contributed by atoms with Gasteiger partial charge >= 0.3 is 0 Å². The van der Waals surface area contributed by atoms with Gasteiger partial charge in [-0.25, -0.2) is 4.39 Å². The minimum Gasteiger partial charge on any atom is -0.273 e. The molecule has 0 radical (unpaired) electrons. The summed E-state index contributed by atoms with van der Waals surface area (Å²) in [6, 6.07) is 5.10. The molecule has 0 aromatic heterocycles. The van der Waals surface area contributed by atoms with E-state index in [1.54, 1.807) is 0 Å². The molecule has 17 heavy (non-hydrogen) atoms. The molecular weight excluding hydrogens is 223 g/mol. The molecule has 5 heteroatoms. The highest BCUT2D eigenvalue weighted by Gasteiger charge is 2.39. The van der Waals surface area contributed by atoms with E-state index in [-0.39, 0.29) is 11.8 Å². The number of nitrogens with one attached hydrogen (secondary N) is 2. The van der Waals surface area contributed by atoms with Crippen molar-refractivity contribution in [1.82, 2.24) is 10.9 Å². The van der Waals surface area contributed by atoms with Crippen LogP contribution in [0, 0.1) is 17.7 Å². The molecule has 2 atom stereocenters. The molecule has 4 nitrogen and oxygen atoms in total. The zero-order valence-corrected chi connectivity index (χ0v) is 9.37. The minimum atomic E-state index is -0.452. The summed E-state index contributed by atoms with van der Waals surface area (Å²) < 4.78 is 12.6. The Morgan fingerprint density at radius 1 is 1.24 bits per heavy atom. The second kappa shape index (κ2) is 4.53. The van der Waals surface area contributed by atoms with Gasteiger partial charge < -0.3 is 0 Å². The number of hydrazine groups is 1. The fraction of sp³-hybridized carbons (Fsp3) is 0.333. The first-order valence-electron chi connectivity index (χ1n) is 5.43. The molecule has 1 fully saturated rings. The molecule has 1 aromatic rings. The molecule has 2 rings (SSSR count). The van der Waals surface area contributed by atoms with Gasteiger partial charge in [0, 0.05) is 11.5 Å². The fourth-order valence-electron chi connectivity index (χ4n) is 1.57. The third kappa shape index (κ3) is 2.81. The van der Waals surface area contributed by atoms with Crippen LogP contribution in [0.15, 0.2) is 24.3 Å². The van der Waals surface area contributed by atoms with Gasteiger partial charge in [-0.2, -0.15) is 0 Å². The first kappa shape index (κ1) is 11.6. The summed E-state index contributed by atoms with van der Waals surface area (Å²) in [5, 5.41) is 0. The van der Waals surface area contributed by atoms with Crippen molar-refractivity contribution in [1.29, 1.82) is 0 Å². The van der Waals surface area contributed by atoms with Crippen molar-refractivity contribution in [3.05, 3.63) is 35.6 Å². The largest absolute Gasteiger partial charge is 0.273 e. The number of carbonyl (C=O) groups is 2. The zero-order valence-electron chi connectivity index (χ0n) is 9.37. The van der Waals surface area contributed by atoms with Gasteiger partial charge in [-0.15, -0.1) is 0 Å². The molecule has 1 aliphatic carbocycles. The van der Waals surface area contributed by atoms with Gasteiger partial charge in [-0.3, -0.25) is 20.4 Å². The van der Waals surface area contributed by atoms with Crippen LogP contribution in [-0.4, -0.2) is 11.8 Å². The van der Waals surface area contributed by atoms with E-state index in [0.717, 1.165) is 6.42 Å². The van der Waals surface area contributed by atoms with E-state index in [1.807, 2.05) is 6.92 Å². The minimum absolute atomic E-state index is 0.00326. The van der Waals surface area contributed by atoms with Crippen molar-refractivity contribution in [2.45, 2.75) is 13.3 Å². The van der Waals surface area contributed by atoms with Crippen LogP contribution in [0.25, 0.3) is 0 Å². The predicted molar refractivity (Wildman–Crippen MR) is 59.3 cm³/mol. The number of hydrogen-bond donors (Lipinski definition) is 2. The van der Waals surface area contributed by atoms with Crippen LogP contribution >= 0.6 is 0 Å². The molecular formula is C12H13FN2O2. The third-order valence-corrected chi connectivity index (χ3v) is 2.85. The highest BCUT2D eigenvalue weighted by Crippen LogP contribution is 2.37. The van der Waals surface area contributed by atoms with Crippen LogP contribution in [0.5, 0.6) is 0 Å². The molecule has 90 valence electrons. The molecule has 0 spiro atoms. The maximum atomic E-state index is 12.6. The number of amides is 2. The smallest absolute Gasteiger partial charge is 0.269 e. The van der Waals surface area contributed by atoms with E-state index >= 15 is 0 Å². The lowest BCUT2D eigenvalue weighted by molar-refractivity contribution is -0.123. The molecule has 1 saturated carbocycles. The van der Waals surface area contributed by atoms with Crippen molar-refractivity contribution in [3.8, 4) is 0 Å². The number of carbonyl (C=O) groups excluding carboxylic acids is 2. The first-order valence-corrected chi connectivity index (χ1v) is 5.43. The molecule has 0 aliphatic heterocycles. The second-order valence-electron chi connectivity index (χ2n) is 4.27. The van der Waals surface area contributed by atoms with E-state index in [0.29, 0.717) is 11.5 Å². The summed E-state index contributed by atoms with van der Waals surface area (Å²) >= 11 is 0. The van der Waals surface area contributed by atoms with Gasteiger partial charge in [0.1, 0.15) is 5.82 Å². The van der Waals surface area contributed by atoms with Crippen molar-refractivity contribution in [2.75, 3.05) is 0 Å². The SMILES string of the molecule is C[C@H]1C[C@H]1C(=O)NNC(=O)c1ccc(F)cc1. The van der Waals surface area contributed by atoms with Crippen LogP contribution in [0.3, 0.4) is 0 Å². The van der Waals surface area contributed by atoms with Gasteiger partial charge in [0.25, 0.3) is 5.91 Å². The Hall–Kier alpha value is -1.91. The first-order chi connectivity index (χ1) is 8.08. The van der Waals surface area contributed by atoms with Crippen LogP contribution in [0.4, 0.5) is 4.39 Å². The van der Waals surface area contributed by atoms with E-state index < -0.39 is 11.7 Å². The number of benzene rings is 1. The highest BCUT2D eigenvalue weighted by atomic mass is 19.1. The highest BCUT2D eigenvalue weighted by molar-refractivity contribution is 5.95. The molecule has 0 saturated heterocycles. The summed E-state index contributed by atoms with van der Waals surface area (Å²) in [5.41, 5.74) is 4.96. The maximum absolute atomic E-state index is 12.6. The fourth-order valence-corrected chi connectivity index (χ4v) is 1.57. The van der Waals surface area contributed by atoms with E-state index in [1.165, 1.54) is 24.3 Å². The standard InChI is InChI=1S/C12H13FN2O2/c1-7-6-10(7)12(17)15-14-11(16)8-2-4-9(13)5-3-8/h2-5,7,10H,6H2,1H3,(H,14,16)(H,15,17)/t7-,10+/m0/s1. The lowest BCUT2D eigenvalue weighted by atomic mass is 10.2. The Labute approximate surface area is 98.2 Å². The predicted octanol–water partition coefficient (Wildman–Crippen LogP) is 1.24. The molecule has 2 N–H and O–H groups in total. The van der Waals surface area contributed by atoms with Crippen LogP contribution < -0.4 is 10.9 Å². The van der Waals surface area contributed by atoms with Gasteiger partial charge in [0.05, 0.1) is 0 Å². The van der Waals surface area contributed by atoms with Crippen LogP contribution in [0.2, 0.25) is 0 Å². The van der Waals surface area contributed by atoms with Crippen molar-refractivity contribution >= 4 is 11.8 Å². The summed E-state index contributed by atoms with van der Waals surface area (Å²) in [5.74, 6) is -0.641. The Bertz CT molecular complexity index is 444. The van der Waals surface area contributed by atoms with E-state index in [2.05, 4.69) is 10.9 Å². The van der Waals surface area contributed by atoms with Crippen molar-refractivity contribution in [2.24, 2.45) is 11.8 Å². The third-order valence-electron chi connectivity index (χ3n) is 2.85. The molecule has 1 aliphatic rings. The monoisotopic (exact) mass is 236 g/mol. The lowest BCUT2D eigenvalue weighted by Gasteiger charge is -2.06. The number of halogens is 1. The van der Waals surface area contributed by atoms with Crippen molar-refractivity contribution < 1.29 is 14.0 Å². The van der Waals surface area contributed by atoms with Crippen molar-refractivity contribution in [3.63, 3.8) is 0 Å². The average Bonchev–Trinajstić information content (AvgIpc) is 3.04. The summed E-state index contributed by atoms with van der Waals surface area (Å²) in [7, 11) is 0. The number of rotatable bonds is 2. The normalized spacial score (nSPS) is 21.8. The Kier molecular flexibility index (Phi) is 3.08. The van der Waals surface area contributed by atoms with Gasteiger partial charge in [0.15, 0.2) is 0 Å². The summed E-state index contributed by atoms with van der Waals surface area (Å²) in [6.45, 7) is 1.98. The Morgan fingerprint density at radius 2 is 1.82 bits per heavy atom. The average molecular weight is 236 g/mol. The quantitative estimate of drug-likeness (QED) is 0.759. The lowest BCUT2D eigenvalue weighted by Crippen LogP contribution is -2.42. The zero-order chi connectivity index (χ0) is 12.4. The molecule has 0 bridgehead atoms. The molecule has 2 amide bonds.